The van der Waals surface area contributed by atoms with Gasteiger partial charge in [-0.15, -0.1) is 0 Å². The number of carbonyl (C=O) groups is 4. The molecule has 4 aromatic carbocycles. The van der Waals surface area contributed by atoms with Crippen LogP contribution >= 0.6 is 0 Å². The van der Waals surface area contributed by atoms with Gasteiger partial charge in [-0.1, -0.05) is 30.3 Å². The third-order valence-corrected chi connectivity index (χ3v) is 7.08. The second-order valence-corrected chi connectivity index (χ2v) is 9.75. The fraction of sp³-hybridized carbons (Fsp3) is 0.125. The SMILES string of the molecule is COC(=O)c1cccc(O)c1C(=O)c1c(O)cc(O)cc1C(=O)OC1Cc2ccccc2C1NC(=O)c1ccc(O)cc1. The number of ketones is 1. The van der Waals surface area contributed by atoms with Crippen LogP contribution in [0.15, 0.2) is 78.9 Å². The maximum absolute atomic E-state index is 13.7. The van der Waals surface area contributed by atoms with E-state index in [1.54, 1.807) is 18.2 Å². The molecule has 2 unspecified atom stereocenters. The zero-order chi connectivity index (χ0) is 30.8. The normalized spacial score (nSPS) is 15.3. The largest absolute Gasteiger partial charge is 0.508 e. The highest BCUT2D eigenvalue weighted by Gasteiger charge is 2.38. The second kappa shape index (κ2) is 11.6. The Balaban J connectivity index is 1.50. The maximum atomic E-state index is 13.7. The van der Waals surface area contributed by atoms with Crippen LogP contribution in [0.1, 0.15) is 64.2 Å². The molecule has 0 aromatic heterocycles. The molecule has 43 heavy (non-hydrogen) atoms. The van der Waals surface area contributed by atoms with Gasteiger partial charge >= 0.3 is 11.9 Å². The van der Waals surface area contributed by atoms with E-state index in [4.69, 9.17) is 9.47 Å². The van der Waals surface area contributed by atoms with Gasteiger partial charge in [-0.05, 0) is 53.6 Å². The van der Waals surface area contributed by atoms with E-state index in [2.05, 4.69) is 5.32 Å². The summed E-state index contributed by atoms with van der Waals surface area (Å²) in [5.74, 6) is -5.65. The summed E-state index contributed by atoms with van der Waals surface area (Å²) in [6, 6.07) is 17.3. The summed E-state index contributed by atoms with van der Waals surface area (Å²) in [5, 5.41) is 43.8. The molecule has 1 aliphatic carbocycles. The average molecular weight is 584 g/mol. The number of aromatic hydroxyl groups is 4. The Morgan fingerprint density at radius 3 is 2.16 bits per heavy atom. The first-order valence-corrected chi connectivity index (χ1v) is 13.0. The molecule has 11 nitrogen and oxygen atoms in total. The van der Waals surface area contributed by atoms with E-state index in [1.165, 1.54) is 36.4 Å². The van der Waals surface area contributed by atoms with Crippen LogP contribution in [0.2, 0.25) is 0 Å². The first kappa shape index (κ1) is 28.7. The minimum absolute atomic E-state index is 0.0168. The lowest BCUT2D eigenvalue weighted by Crippen LogP contribution is -2.36. The summed E-state index contributed by atoms with van der Waals surface area (Å²) < 4.78 is 10.5. The van der Waals surface area contributed by atoms with E-state index >= 15 is 0 Å². The van der Waals surface area contributed by atoms with Crippen molar-refractivity contribution >= 4 is 23.6 Å². The second-order valence-electron chi connectivity index (χ2n) is 9.75. The Morgan fingerprint density at radius 2 is 1.44 bits per heavy atom. The smallest absolute Gasteiger partial charge is 0.339 e. The topological polar surface area (TPSA) is 180 Å². The van der Waals surface area contributed by atoms with Gasteiger partial charge in [0.1, 0.15) is 29.1 Å². The highest BCUT2D eigenvalue weighted by atomic mass is 16.5. The Labute approximate surface area is 244 Å². The number of benzene rings is 4. The van der Waals surface area contributed by atoms with Gasteiger partial charge in [0.05, 0.1) is 35.4 Å². The molecule has 0 radical (unpaired) electrons. The monoisotopic (exact) mass is 583 g/mol. The van der Waals surface area contributed by atoms with Crippen molar-refractivity contribution in [1.82, 2.24) is 5.32 Å². The first-order valence-electron chi connectivity index (χ1n) is 13.0. The number of rotatable bonds is 7. The molecule has 4 aromatic rings. The molecule has 0 aliphatic heterocycles. The molecule has 5 rings (SSSR count). The van der Waals surface area contributed by atoms with Gasteiger partial charge in [0.2, 0.25) is 5.78 Å². The summed E-state index contributed by atoms with van der Waals surface area (Å²) in [7, 11) is 1.08. The number of esters is 2. The maximum Gasteiger partial charge on any atom is 0.339 e. The molecule has 1 aliphatic rings. The Morgan fingerprint density at radius 1 is 0.744 bits per heavy atom. The molecular formula is C32H25NO10. The van der Waals surface area contributed by atoms with Gasteiger partial charge in [-0.25, -0.2) is 9.59 Å². The number of fused-ring (bicyclic) bond motifs is 1. The molecule has 5 N–H and O–H groups in total. The van der Waals surface area contributed by atoms with E-state index in [9.17, 15) is 39.6 Å². The number of amides is 1. The van der Waals surface area contributed by atoms with Crippen LogP contribution in [-0.2, 0) is 15.9 Å². The Hall–Kier alpha value is -5.84. The highest BCUT2D eigenvalue weighted by Crippen LogP contribution is 2.37. The number of methoxy groups -OCH3 is 1. The molecule has 0 saturated heterocycles. The molecule has 0 spiro atoms. The number of hydrogen-bond acceptors (Lipinski definition) is 10. The van der Waals surface area contributed by atoms with Crippen molar-refractivity contribution in [3.63, 3.8) is 0 Å². The minimum Gasteiger partial charge on any atom is -0.508 e. The summed E-state index contributed by atoms with van der Waals surface area (Å²) in [4.78, 5) is 52.7. The fourth-order valence-corrected chi connectivity index (χ4v) is 5.07. The van der Waals surface area contributed by atoms with Crippen LogP contribution in [0, 0.1) is 0 Å². The zero-order valence-corrected chi connectivity index (χ0v) is 22.6. The Kier molecular flexibility index (Phi) is 7.72. The van der Waals surface area contributed by atoms with E-state index in [1.807, 2.05) is 6.07 Å². The standard InChI is InChI=1S/C32H25NO10/c1-42-31(40)21-7-4-8-23(36)26(21)29(38)27-22(14-19(35)15-24(27)37)32(41)43-25-13-17-5-2-3-6-20(17)28(25)33-30(39)16-9-11-18(34)12-10-16/h2-12,14-15,25,28,34-37H,13H2,1H3,(H,33,39). The van der Waals surface area contributed by atoms with E-state index in [-0.39, 0.29) is 23.3 Å². The quantitative estimate of drug-likeness (QED) is 0.159. The van der Waals surface area contributed by atoms with Crippen LogP contribution in [0.25, 0.3) is 0 Å². The molecule has 2 atom stereocenters. The van der Waals surface area contributed by atoms with Crippen LogP contribution in [-0.4, -0.2) is 57.3 Å². The predicted octanol–water partition coefficient (Wildman–Crippen LogP) is 3.78. The molecular weight excluding hydrogens is 558 g/mol. The van der Waals surface area contributed by atoms with Crippen molar-refractivity contribution in [3.05, 3.63) is 118 Å². The van der Waals surface area contributed by atoms with Crippen LogP contribution in [0.5, 0.6) is 23.0 Å². The van der Waals surface area contributed by atoms with Crippen LogP contribution < -0.4 is 5.32 Å². The van der Waals surface area contributed by atoms with Gasteiger partial charge in [-0.2, -0.15) is 0 Å². The lowest BCUT2D eigenvalue weighted by Gasteiger charge is -2.23. The van der Waals surface area contributed by atoms with Crippen molar-refractivity contribution in [1.29, 1.82) is 0 Å². The summed E-state index contributed by atoms with van der Waals surface area (Å²) in [6.07, 6.45) is -0.767. The van der Waals surface area contributed by atoms with E-state index in [0.717, 1.165) is 30.9 Å². The number of ether oxygens (including phenoxy) is 2. The van der Waals surface area contributed by atoms with Gasteiger partial charge in [0, 0.05) is 18.1 Å². The molecule has 0 fully saturated rings. The average Bonchev–Trinajstić information content (AvgIpc) is 3.32. The molecule has 0 bridgehead atoms. The number of phenolic OH excluding ortho intramolecular Hbond substituents is 4. The van der Waals surface area contributed by atoms with Crippen LogP contribution in [0.4, 0.5) is 0 Å². The zero-order valence-electron chi connectivity index (χ0n) is 22.6. The van der Waals surface area contributed by atoms with Crippen molar-refractivity contribution in [2.45, 2.75) is 18.6 Å². The van der Waals surface area contributed by atoms with Crippen molar-refractivity contribution in [3.8, 4) is 23.0 Å². The first-order chi connectivity index (χ1) is 20.6. The summed E-state index contributed by atoms with van der Waals surface area (Å²) in [6.45, 7) is 0. The lowest BCUT2D eigenvalue weighted by molar-refractivity contribution is 0.0228. The number of carbonyl (C=O) groups excluding carboxylic acids is 4. The lowest BCUT2D eigenvalue weighted by atomic mass is 9.93. The summed E-state index contributed by atoms with van der Waals surface area (Å²) in [5.41, 5.74) is -0.278. The van der Waals surface area contributed by atoms with Crippen molar-refractivity contribution in [2.75, 3.05) is 7.11 Å². The molecule has 0 heterocycles. The number of hydrogen-bond donors (Lipinski definition) is 5. The highest BCUT2D eigenvalue weighted by molar-refractivity contribution is 6.20. The van der Waals surface area contributed by atoms with E-state index in [0.29, 0.717) is 5.56 Å². The third kappa shape index (κ3) is 5.55. The van der Waals surface area contributed by atoms with Gasteiger partial charge in [0.25, 0.3) is 5.91 Å². The molecule has 218 valence electrons. The third-order valence-electron chi connectivity index (χ3n) is 7.08. The summed E-state index contributed by atoms with van der Waals surface area (Å²) >= 11 is 0. The number of nitrogens with one attached hydrogen (secondary N) is 1. The molecule has 1 amide bonds. The molecule has 0 saturated carbocycles. The Bertz CT molecular complexity index is 1760. The van der Waals surface area contributed by atoms with E-state index < -0.39 is 69.7 Å². The minimum atomic E-state index is -1.12. The predicted molar refractivity (Wildman–Crippen MR) is 150 cm³/mol. The number of phenols is 4. The van der Waals surface area contributed by atoms with Crippen molar-refractivity contribution < 1.29 is 49.1 Å². The van der Waals surface area contributed by atoms with Crippen molar-refractivity contribution in [2.24, 2.45) is 0 Å². The van der Waals surface area contributed by atoms with Gasteiger partial charge in [0.15, 0.2) is 0 Å². The van der Waals surface area contributed by atoms with Gasteiger partial charge in [-0.3, -0.25) is 9.59 Å². The van der Waals surface area contributed by atoms with Gasteiger partial charge < -0.3 is 35.2 Å². The fourth-order valence-electron chi connectivity index (χ4n) is 5.07. The van der Waals surface area contributed by atoms with Crippen LogP contribution in [0.3, 0.4) is 0 Å². The molecule has 11 heteroatoms.